The second-order valence-electron chi connectivity index (χ2n) is 7.15. The molecule has 2 heterocycles. The van der Waals surface area contributed by atoms with Gasteiger partial charge in [-0.2, -0.15) is 5.10 Å². The molecule has 4 rings (SSSR count). The Morgan fingerprint density at radius 3 is 2.61 bits per heavy atom. The SMILES string of the molecule is CC(=O)C1CC(C(=O)Nc2cccc(OCc3ccccn3)c2)=NN1c1ccccc1. The molecule has 0 fully saturated rings. The van der Waals surface area contributed by atoms with Crippen LogP contribution in [0.25, 0.3) is 0 Å². The van der Waals surface area contributed by atoms with Crippen LogP contribution in [0.2, 0.25) is 0 Å². The second kappa shape index (κ2) is 9.21. The summed E-state index contributed by atoms with van der Waals surface area (Å²) in [5.74, 6) is 0.233. The minimum absolute atomic E-state index is 0.0414. The number of rotatable bonds is 7. The maximum atomic E-state index is 12.8. The number of nitrogens with one attached hydrogen (secondary N) is 1. The highest BCUT2D eigenvalue weighted by atomic mass is 16.5. The molecule has 0 saturated heterocycles. The zero-order valence-corrected chi connectivity index (χ0v) is 17.1. The first-order valence-electron chi connectivity index (χ1n) is 9.96. The molecule has 1 aliphatic heterocycles. The summed E-state index contributed by atoms with van der Waals surface area (Å²) in [4.78, 5) is 29.2. The zero-order chi connectivity index (χ0) is 21.6. The van der Waals surface area contributed by atoms with E-state index in [0.717, 1.165) is 11.4 Å². The molecule has 1 unspecified atom stereocenters. The van der Waals surface area contributed by atoms with Gasteiger partial charge in [0.05, 0.1) is 11.4 Å². The van der Waals surface area contributed by atoms with Crippen molar-refractivity contribution in [1.29, 1.82) is 0 Å². The molecule has 7 nitrogen and oxygen atoms in total. The highest BCUT2D eigenvalue weighted by Gasteiger charge is 2.34. The topological polar surface area (TPSA) is 83.9 Å². The van der Waals surface area contributed by atoms with Gasteiger partial charge in [-0.05, 0) is 43.3 Å². The first kappa shape index (κ1) is 20.3. The van der Waals surface area contributed by atoms with Gasteiger partial charge < -0.3 is 10.1 Å². The lowest BCUT2D eigenvalue weighted by Gasteiger charge is -2.20. The quantitative estimate of drug-likeness (QED) is 0.635. The minimum atomic E-state index is -0.490. The molecule has 1 atom stereocenters. The second-order valence-corrected chi connectivity index (χ2v) is 7.15. The summed E-state index contributed by atoms with van der Waals surface area (Å²) >= 11 is 0. The lowest BCUT2D eigenvalue weighted by Crippen LogP contribution is -2.33. The average molecular weight is 414 g/mol. The van der Waals surface area contributed by atoms with Crippen LogP contribution in [0.15, 0.2) is 84.1 Å². The van der Waals surface area contributed by atoms with Crippen LogP contribution in [0, 0.1) is 0 Å². The number of aromatic nitrogens is 1. The fourth-order valence-electron chi connectivity index (χ4n) is 3.29. The summed E-state index contributed by atoms with van der Waals surface area (Å²) < 4.78 is 5.77. The average Bonchev–Trinajstić information content (AvgIpc) is 3.26. The standard InChI is InChI=1S/C24H22N4O3/c1-17(29)23-15-22(27-28(23)20-10-3-2-4-11-20)24(30)26-18-9-7-12-21(14-18)31-16-19-8-5-6-13-25-19/h2-14,23H,15-16H2,1H3,(H,26,30). The normalized spacial score (nSPS) is 15.3. The van der Waals surface area contributed by atoms with E-state index in [1.54, 1.807) is 29.4 Å². The van der Waals surface area contributed by atoms with E-state index in [1.165, 1.54) is 6.92 Å². The summed E-state index contributed by atoms with van der Waals surface area (Å²) in [7, 11) is 0. The van der Waals surface area contributed by atoms with Crippen LogP contribution in [0.4, 0.5) is 11.4 Å². The summed E-state index contributed by atoms with van der Waals surface area (Å²) in [5, 5.41) is 8.90. The van der Waals surface area contributed by atoms with Crippen molar-refractivity contribution in [2.45, 2.75) is 26.0 Å². The van der Waals surface area contributed by atoms with Crippen LogP contribution >= 0.6 is 0 Å². The van der Waals surface area contributed by atoms with Crippen molar-refractivity contribution in [3.8, 4) is 5.75 Å². The van der Waals surface area contributed by atoms with Gasteiger partial charge in [-0.25, -0.2) is 0 Å². The Morgan fingerprint density at radius 2 is 1.87 bits per heavy atom. The van der Waals surface area contributed by atoms with Crippen molar-refractivity contribution in [2.75, 3.05) is 10.3 Å². The van der Waals surface area contributed by atoms with Crippen LogP contribution in [0.1, 0.15) is 19.0 Å². The van der Waals surface area contributed by atoms with Crippen LogP contribution in [-0.2, 0) is 16.2 Å². The number of carbonyl (C=O) groups is 2. The summed E-state index contributed by atoms with van der Waals surface area (Å²) in [6.45, 7) is 1.84. The molecule has 0 bridgehead atoms. The van der Waals surface area contributed by atoms with E-state index < -0.39 is 6.04 Å². The molecule has 156 valence electrons. The number of anilines is 2. The maximum absolute atomic E-state index is 12.8. The summed E-state index contributed by atoms with van der Waals surface area (Å²) in [6.07, 6.45) is 1.97. The molecule has 0 radical (unpaired) electrons. The number of hydrazone groups is 1. The van der Waals surface area contributed by atoms with Crippen LogP contribution < -0.4 is 15.1 Å². The van der Waals surface area contributed by atoms with E-state index in [9.17, 15) is 9.59 Å². The van der Waals surface area contributed by atoms with Gasteiger partial charge in [-0.3, -0.25) is 19.6 Å². The Bertz CT molecular complexity index is 1100. The lowest BCUT2D eigenvalue weighted by atomic mass is 10.1. The molecule has 3 aromatic rings. The third-order valence-electron chi connectivity index (χ3n) is 4.87. The van der Waals surface area contributed by atoms with Gasteiger partial charge in [0.15, 0.2) is 5.78 Å². The molecular weight excluding hydrogens is 392 g/mol. The molecule has 0 spiro atoms. The molecular formula is C24H22N4O3. The number of benzene rings is 2. The van der Waals surface area contributed by atoms with Gasteiger partial charge >= 0.3 is 0 Å². The van der Waals surface area contributed by atoms with Crippen molar-refractivity contribution in [2.24, 2.45) is 5.10 Å². The molecule has 1 aromatic heterocycles. The molecule has 2 aromatic carbocycles. The van der Waals surface area contributed by atoms with E-state index >= 15 is 0 Å². The molecule has 0 saturated carbocycles. The predicted molar refractivity (Wildman–Crippen MR) is 119 cm³/mol. The summed E-state index contributed by atoms with van der Waals surface area (Å²) in [6, 6.07) is 21.6. The Morgan fingerprint density at radius 1 is 1.06 bits per heavy atom. The van der Waals surface area contributed by atoms with Crippen LogP contribution in [0.5, 0.6) is 5.75 Å². The number of carbonyl (C=O) groups excluding carboxylic acids is 2. The van der Waals surface area contributed by atoms with Gasteiger partial charge in [-0.15, -0.1) is 0 Å². The molecule has 31 heavy (non-hydrogen) atoms. The first-order valence-corrected chi connectivity index (χ1v) is 9.96. The van der Waals surface area contributed by atoms with Gasteiger partial charge in [0.2, 0.25) is 0 Å². The fourth-order valence-corrected chi connectivity index (χ4v) is 3.29. The van der Waals surface area contributed by atoms with E-state index in [1.807, 2.05) is 54.6 Å². The van der Waals surface area contributed by atoms with Crippen molar-refractivity contribution in [3.05, 3.63) is 84.7 Å². The molecule has 1 amide bonds. The van der Waals surface area contributed by atoms with E-state index in [4.69, 9.17) is 4.74 Å². The monoisotopic (exact) mass is 414 g/mol. The smallest absolute Gasteiger partial charge is 0.271 e. The van der Waals surface area contributed by atoms with Crippen molar-refractivity contribution in [3.63, 3.8) is 0 Å². The number of amides is 1. The number of ether oxygens (including phenoxy) is 1. The van der Waals surface area contributed by atoms with Gasteiger partial charge in [0.25, 0.3) is 5.91 Å². The minimum Gasteiger partial charge on any atom is -0.487 e. The third kappa shape index (κ3) is 4.95. The van der Waals surface area contributed by atoms with Crippen molar-refractivity contribution in [1.82, 2.24) is 4.98 Å². The Balaban J connectivity index is 1.45. The van der Waals surface area contributed by atoms with E-state index in [0.29, 0.717) is 23.8 Å². The fraction of sp³-hybridized carbons (Fsp3) is 0.167. The lowest BCUT2D eigenvalue weighted by molar-refractivity contribution is -0.118. The predicted octanol–water partition coefficient (Wildman–Crippen LogP) is 3.82. The molecule has 0 aliphatic carbocycles. The van der Waals surface area contributed by atoms with Gasteiger partial charge in [0.1, 0.15) is 24.1 Å². The Hall–Kier alpha value is -4.00. The Labute approximate surface area is 180 Å². The van der Waals surface area contributed by atoms with Gasteiger partial charge in [0, 0.05) is 24.4 Å². The van der Waals surface area contributed by atoms with Gasteiger partial charge in [-0.1, -0.05) is 30.3 Å². The Kier molecular flexibility index (Phi) is 6.03. The zero-order valence-electron chi connectivity index (χ0n) is 17.1. The maximum Gasteiger partial charge on any atom is 0.271 e. The molecule has 1 N–H and O–H groups in total. The molecule has 7 heteroatoms. The number of para-hydroxylation sites is 1. The van der Waals surface area contributed by atoms with Crippen LogP contribution in [0.3, 0.4) is 0 Å². The third-order valence-corrected chi connectivity index (χ3v) is 4.87. The largest absolute Gasteiger partial charge is 0.487 e. The number of ketones is 1. The van der Waals surface area contributed by atoms with Crippen molar-refractivity contribution < 1.29 is 14.3 Å². The first-order chi connectivity index (χ1) is 15.1. The number of hydrogen-bond acceptors (Lipinski definition) is 6. The molecule has 1 aliphatic rings. The van der Waals surface area contributed by atoms with E-state index in [2.05, 4.69) is 15.4 Å². The highest BCUT2D eigenvalue weighted by molar-refractivity contribution is 6.44. The number of pyridine rings is 1. The van der Waals surface area contributed by atoms with Crippen LogP contribution in [-0.4, -0.2) is 28.4 Å². The van der Waals surface area contributed by atoms with E-state index in [-0.39, 0.29) is 18.1 Å². The summed E-state index contributed by atoms with van der Waals surface area (Å²) in [5.41, 5.74) is 2.48. The number of hydrogen-bond donors (Lipinski definition) is 1. The number of Topliss-reactive ketones (excluding diaryl/α,β-unsaturated/α-hetero) is 1. The van der Waals surface area contributed by atoms with Crippen molar-refractivity contribution >= 4 is 28.8 Å². The number of nitrogens with zero attached hydrogens (tertiary/aromatic N) is 3. The highest BCUT2D eigenvalue weighted by Crippen LogP contribution is 2.26.